The lowest BCUT2D eigenvalue weighted by Crippen LogP contribution is -2.13. The third kappa shape index (κ3) is 5.07. The monoisotopic (exact) mass is 284 g/mol. The molecule has 106 valence electrons. The average molecular weight is 285 g/mol. The number of halogens is 1. The summed E-state index contributed by atoms with van der Waals surface area (Å²) in [7, 11) is 0. The lowest BCUT2D eigenvalue weighted by molar-refractivity contribution is 0.0696. The Labute approximate surface area is 119 Å². The Kier molecular flexibility index (Phi) is 5.60. The highest BCUT2D eigenvalue weighted by molar-refractivity contribution is 6.33. The normalized spacial score (nSPS) is 11.4. The highest BCUT2D eigenvalue weighted by Gasteiger charge is 2.14. The maximum Gasteiger partial charge on any atom is 0.337 e. The molecule has 0 radical (unpaired) electrons. The van der Waals surface area contributed by atoms with Gasteiger partial charge in [-0.15, -0.1) is 0 Å². The molecule has 1 aromatic rings. The minimum atomic E-state index is -1.02. The van der Waals surface area contributed by atoms with Crippen LogP contribution in [0.1, 0.15) is 50.4 Å². The maximum atomic E-state index is 10.7. The van der Waals surface area contributed by atoms with E-state index < -0.39 is 5.97 Å². The molecule has 0 atom stereocenters. The van der Waals surface area contributed by atoms with E-state index in [0.29, 0.717) is 16.3 Å². The van der Waals surface area contributed by atoms with Crippen LogP contribution in [0.5, 0.6) is 0 Å². The van der Waals surface area contributed by atoms with Crippen LogP contribution in [0.2, 0.25) is 5.02 Å². The van der Waals surface area contributed by atoms with Crippen molar-refractivity contribution in [3.8, 4) is 0 Å². The predicted molar refractivity (Wildman–Crippen MR) is 78.0 cm³/mol. The maximum absolute atomic E-state index is 10.7. The highest BCUT2D eigenvalue weighted by Crippen LogP contribution is 2.26. The number of nitrogens with one attached hydrogen (secondary N) is 1. The van der Waals surface area contributed by atoms with E-state index in [4.69, 9.17) is 16.7 Å². The van der Waals surface area contributed by atoms with Gasteiger partial charge in [0, 0.05) is 12.7 Å². The van der Waals surface area contributed by atoms with E-state index in [1.54, 1.807) is 0 Å². The Bertz CT molecular complexity index is 447. The topological polar surface area (TPSA) is 62.2 Å². The zero-order valence-corrected chi connectivity index (χ0v) is 12.4. The van der Waals surface area contributed by atoms with Crippen LogP contribution >= 0.6 is 11.6 Å². The number of carboxylic acid groups (broad SMARTS) is 1. The van der Waals surface area contributed by atoms with Gasteiger partial charge in [-0.05, 0) is 24.3 Å². The zero-order valence-electron chi connectivity index (χ0n) is 11.7. The van der Waals surface area contributed by atoms with Gasteiger partial charge in [-0.1, -0.05) is 38.8 Å². The molecule has 0 aliphatic heterocycles. The zero-order chi connectivity index (χ0) is 14.5. The molecule has 4 nitrogen and oxygen atoms in total. The summed E-state index contributed by atoms with van der Waals surface area (Å²) < 4.78 is 0. The number of anilines is 1. The Balaban J connectivity index is 2.48. The lowest BCUT2D eigenvalue weighted by Gasteiger charge is -2.22. The summed E-state index contributed by atoms with van der Waals surface area (Å²) in [6, 6.07) is 1.41. The summed E-state index contributed by atoms with van der Waals surface area (Å²) in [4.78, 5) is 14.8. The van der Waals surface area contributed by atoms with Gasteiger partial charge in [0.05, 0.1) is 10.6 Å². The minimum Gasteiger partial charge on any atom is -0.478 e. The molecule has 5 heteroatoms. The highest BCUT2D eigenvalue weighted by atomic mass is 35.5. The second kappa shape index (κ2) is 6.75. The standard InChI is InChI=1S/C14H21ClN2O2/c1-4-14(2,3)6-5-7-16-12-11(15)8-10(9-17-12)13(18)19/h8-9H,4-7H2,1-3H3,(H,16,17)(H,18,19). The third-order valence-electron chi connectivity index (χ3n) is 3.37. The van der Waals surface area contributed by atoms with Crippen LogP contribution in [0, 0.1) is 5.41 Å². The number of aromatic nitrogens is 1. The van der Waals surface area contributed by atoms with Crippen molar-refractivity contribution >= 4 is 23.4 Å². The molecule has 0 unspecified atom stereocenters. The van der Waals surface area contributed by atoms with E-state index >= 15 is 0 Å². The van der Waals surface area contributed by atoms with E-state index in [-0.39, 0.29) is 5.56 Å². The molecule has 0 spiro atoms. The van der Waals surface area contributed by atoms with E-state index in [2.05, 4.69) is 31.1 Å². The van der Waals surface area contributed by atoms with Crippen LogP contribution in [-0.2, 0) is 0 Å². The van der Waals surface area contributed by atoms with Crippen LogP contribution in [-0.4, -0.2) is 22.6 Å². The third-order valence-corrected chi connectivity index (χ3v) is 3.66. The number of hydrogen-bond acceptors (Lipinski definition) is 3. The van der Waals surface area contributed by atoms with E-state index in [0.717, 1.165) is 25.8 Å². The summed E-state index contributed by atoms with van der Waals surface area (Å²) in [6.45, 7) is 7.47. The quantitative estimate of drug-likeness (QED) is 0.741. The first-order valence-corrected chi connectivity index (χ1v) is 6.86. The van der Waals surface area contributed by atoms with E-state index in [1.165, 1.54) is 12.3 Å². The van der Waals surface area contributed by atoms with Crippen molar-refractivity contribution in [2.24, 2.45) is 5.41 Å². The average Bonchev–Trinajstić information content (AvgIpc) is 2.36. The molecule has 0 aromatic carbocycles. The Morgan fingerprint density at radius 3 is 2.74 bits per heavy atom. The predicted octanol–water partition coefficient (Wildman–Crippen LogP) is 4.06. The van der Waals surface area contributed by atoms with Gasteiger partial charge in [0.15, 0.2) is 0 Å². The minimum absolute atomic E-state index is 0.0997. The fourth-order valence-electron chi connectivity index (χ4n) is 1.64. The second-order valence-corrected chi connectivity index (χ2v) is 5.81. The van der Waals surface area contributed by atoms with E-state index in [9.17, 15) is 4.79 Å². The number of rotatable bonds is 7. The van der Waals surface area contributed by atoms with Gasteiger partial charge < -0.3 is 10.4 Å². The van der Waals surface area contributed by atoms with Crippen molar-refractivity contribution < 1.29 is 9.90 Å². The summed E-state index contributed by atoms with van der Waals surface area (Å²) in [5.74, 6) is -0.480. The van der Waals surface area contributed by atoms with Gasteiger partial charge in [-0.2, -0.15) is 0 Å². The van der Waals surface area contributed by atoms with Crippen molar-refractivity contribution in [1.82, 2.24) is 4.98 Å². The fourth-order valence-corrected chi connectivity index (χ4v) is 1.87. The van der Waals surface area contributed by atoms with Gasteiger partial charge in [0.2, 0.25) is 0 Å². The number of aromatic carboxylic acids is 1. The van der Waals surface area contributed by atoms with Crippen LogP contribution < -0.4 is 5.32 Å². The second-order valence-electron chi connectivity index (χ2n) is 5.41. The molecule has 19 heavy (non-hydrogen) atoms. The molecule has 1 rings (SSSR count). The molecule has 2 N–H and O–H groups in total. The molecule has 0 amide bonds. The summed E-state index contributed by atoms with van der Waals surface area (Å²) >= 11 is 5.98. The van der Waals surface area contributed by atoms with Gasteiger partial charge in [-0.3, -0.25) is 0 Å². The largest absolute Gasteiger partial charge is 0.478 e. The number of pyridine rings is 1. The van der Waals surface area contributed by atoms with Crippen LogP contribution in [0.3, 0.4) is 0 Å². The number of nitrogens with zero attached hydrogens (tertiary/aromatic N) is 1. The summed E-state index contributed by atoms with van der Waals surface area (Å²) in [5, 5.41) is 12.3. The van der Waals surface area contributed by atoms with Gasteiger partial charge >= 0.3 is 5.97 Å². The molecule has 0 aliphatic carbocycles. The Morgan fingerprint density at radius 1 is 1.53 bits per heavy atom. The molecule has 0 saturated carbocycles. The Hall–Kier alpha value is -1.29. The first kappa shape index (κ1) is 15.8. The van der Waals surface area contributed by atoms with Crippen LogP contribution in [0.25, 0.3) is 0 Å². The molecular weight excluding hydrogens is 264 g/mol. The molecule has 0 saturated heterocycles. The number of hydrogen-bond donors (Lipinski definition) is 2. The van der Waals surface area contributed by atoms with Gasteiger partial charge in [0.25, 0.3) is 0 Å². The molecule has 0 aliphatic rings. The van der Waals surface area contributed by atoms with Gasteiger partial charge in [-0.25, -0.2) is 9.78 Å². The van der Waals surface area contributed by atoms with Gasteiger partial charge in [0.1, 0.15) is 5.82 Å². The van der Waals surface area contributed by atoms with Crippen LogP contribution in [0.4, 0.5) is 5.82 Å². The van der Waals surface area contributed by atoms with Crippen molar-refractivity contribution in [3.05, 3.63) is 22.8 Å². The van der Waals surface area contributed by atoms with Crippen molar-refractivity contribution in [2.45, 2.75) is 40.0 Å². The first-order valence-electron chi connectivity index (χ1n) is 6.48. The van der Waals surface area contributed by atoms with Crippen molar-refractivity contribution in [3.63, 3.8) is 0 Å². The van der Waals surface area contributed by atoms with Crippen molar-refractivity contribution in [2.75, 3.05) is 11.9 Å². The molecule has 1 aromatic heterocycles. The molecule has 0 fully saturated rings. The number of carbonyl (C=O) groups is 1. The molecule has 0 bridgehead atoms. The van der Waals surface area contributed by atoms with Crippen molar-refractivity contribution in [1.29, 1.82) is 0 Å². The summed E-state index contributed by atoms with van der Waals surface area (Å²) in [6.07, 6.45) is 4.62. The smallest absolute Gasteiger partial charge is 0.337 e. The number of carboxylic acids is 1. The molecule has 1 heterocycles. The fraction of sp³-hybridized carbons (Fsp3) is 0.571. The molecular formula is C14H21ClN2O2. The first-order chi connectivity index (χ1) is 8.85. The van der Waals surface area contributed by atoms with E-state index in [1.807, 2.05) is 0 Å². The van der Waals surface area contributed by atoms with Crippen LogP contribution in [0.15, 0.2) is 12.3 Å². The lowest BCUT2D eigenvalue weighted by atomic mass is 9.85. The Morgan fingerprint density at radius 2 is 2.21 bits per heavy atom. The SMILES string of the molecule is CCC(C)(C)CCCNc1ncc(C(=O)O)cc1Cl. The summed E-state index contributed by atoms with van der Waals surface area (Å²) in [5.41, 5.74) is 0.453.